The molecule has 18 heavy (non-hydrogen) atoms. The van der Waals surface area contributed by atoms with Crippen molar-refractivity contribution in [2.45, 2.75) is 53.0 Å². The van der Waals surface area contributed by atoms with Crippen molar-refractivity contribution in [3.63, 3.8) is 0 Å². The lowest BCUT2D eigenvalue weighted by Crippen LogP contribution is -2.40. The molecule has 0 spiro atoms. The van der Waals surface area contributed by atoms with E-state index in [-0.39, 0.29) is 0 Å². The Kier molecular flexibility index (Phi) is 3.64. The average molecular weight is 266 g/mol. The zero-order valence-corrected chi connectivity index (χ0v) is 12.6. The predicted octanol–water partition coefficient (Wildman–Crippen LogP) is 5.36. The summed E-state index contributed by atoms with van der Waals surface area (Å²) in [6, 6.07) is 8.57. The Morgan fingerprint density at radius 3 is 2.28 bits per heavy atom. The van der Waals surface area contributed by atoms with Crippen molar-refractivity contribution in [1.82, 2.24) is 0 Å². The van der Waals surface area contributed by atoms with Crippen LogP contribution in [0.3, 0.4) is 0 Å². The van der Waals surface area contributed by atoms with Crippen molar-refractivity contribution in [2.75, 3.05) is 5.32 Å². The third-order valence-corrected chi connectivity index (χ3v) is 3.99. The van der Waals surface area contributed by atoms with E-state index in [9.17, 15) is 0 Å². The molecule has 2 rings (SSSR count). The molecule has 0 saturated heterocycles. The van der Waals surface area contributed by atoms with Gasteiger partial charge in [-0.25, -0.2) is 0 Å². The Hall–Kier alpha value is -0.690. The highest BCUT2D eigenvalue weighted by molar-refractivity contribution is 6.30. The fourth-order valence-electron chi connectivity index (χ4n) is 3.76. The number of nitrogens with one attached hydrogen (secondary N) is 1. The molecule has 1 fully saturated rings. The summed E-state index contributed by atoms with van der Waals surface area (Å²) in [6.07, 6.45) is 3.75. The normalized spacial score (nSPS) is 22.7. The van der Waals surface area contributed by atoms with Crippen LogP contribution in [0, 0.1) is 10.8 Å². The average Bonchev–Trinajstić information content (AvgIpc) is 2.11. The minimum Gasteiger partial charge on any atom is -0.382 e. The van der Waals surface area contributed by atoms with Gasteiger partial charge in [0.1, 0.15) is 0 Å². The van der Waals surface area contributed by atoms with Crippen LogP contribution in [-0.4, -0.2) is 6.04 Å². The third kappa shape index (κ3) is 3.65. The van der Waals surface area contributed by atoms with Gasteiger partial charge in [-0.1, -0.05) is 45.4 Å². The van der Waals surface area contributed by atoms with E-state index in [0.29, 0.717) is 16.9 Å². The van der Waals surface area contributed by atoms with E-state index in [1.54, 1.807) is 0 Å². The van der Waals surface area contributed by atoms with Crippen LogP contribution < -0.4 is 5.32 Å². The molecule has 0 aromatic heterocycles. The molecule has 0 aliphatic heterocycles. The lowest BCUT2D eigenvalue weighted by molar-refractivity contribution is 0.105. The lowest BCUT2D eigenvalue weighted by atomic mass is 9.63. The minimum atomic E-state index is 0.415. The Morgan fingerprint density at radius 2 is 1.72 bits per heavy atom. The molecule has 1 aromatic rings. The Bertz CT molecular complexity index is 407. The van der Waals surface area contributed by atoms with Gasteiger partial charge in [-0.05, 0) is 48.3 Å². The monoisotopic (exact) mass is 265 g/mol. The number of halogens is 1. The van der Waals surface area contributed by atoms with E-state index in [4.69, 9.17) is 11.6 Å². The maximum atomic E-state index is 6.03. The van der Waals surface area contributed by atoms with Gasteiger partial charge in [-0.15, -0.1) is 0 Å². The summed E-state index contributed by atoms with van der Waals surface area (Å²) in [4.78, 5) is 0. The van der Waals surface area contributed by atoms with Gasteiger partial charge in [0.05, 0.1) is 0 Å². The smallest absolute Gasteiger partial charge is 0.0426 e. The van der Waals surface area contributed by atoms with E-state index >= 15 is 0 Å². The summed E-state index contributed by atoms with van der Waals surface area (Å²) in [5.41, 5.74) is 1.97. The topological polar surface area (TPSA) is 12.0 Å². The predicted molar refractivity (Wildman–Crippen MR) is 80.3 cm³/mol. The van der Waals surface area contributed by atoms with Crippen molar-refractivity contribution >= 4 is 17.3 Å². The van der Waals surface area contributed by atoms with Crippen molar-refractivity contribution in [3.05, 3.63) is 29.3 Å². The van der Waals surface area contributed by atoms with Crippen LogP contribution in [0.4, 0.5) is 5.69 Å². The van der Waals surface area contributed by atoms with Gasteiger partial charge < -0.3 is 5.32 Å². The van der Waals surface area contributed by atoms with Crippen molar-refractivity contribution < 1.29 is 0 Å². The molecule has 0 heterocycles. The molecule has 1 nitrogen and oxygen atoms in total. The van der Waals surface area contributed by atoms with Gasteiger partial charge in [-0.2, -0.15) is 0 Å². The van der Waals surface area contributed by atoms with Crippen molar-refractivity contribution in [1.29, 1.82) is 0 Å². The summed E-state index contributed by atoms with van der Waals surface area (Å²) in [6.45, 7) is 9.50. The molecule has 0 unspecified atom stereocenters. The fourth-order valence-corrected chi connectivity index (χ4v) is 3.95. The second kappa shape index (κ2) is 4.77. The first-order valence-electron chi connectivity index (χ1n) is 6.78. The molecular weight excluding hydrogens is 242 g/mol. The summed E-state index contributed by atoms with van der Waals surface area (Å²) in [5.74, 6) is 0. The van der Waals surface area contributed by atoms with Crippen LogP contribution in [0.15, 0.2) is 24.3 Å². The molecule has 0 atom stereocenters. The minimum absolute atomic E-state index is 0.415. The highest BCUT2D eigenvalue weighted by atomic mass is 35.5. The first-order valence-corrected chi connectivity index (χ1v) is 7.16. The number of rotatable bonds is 2. The van der Waals surface area contributed by atoms with E-state index in [1.807, 2.05) is 18.2 Å². The Labute approximate surface area is 116 Å². The zero-order valence-electron chi connectivity index (χ0n) is 11.9. The Balaban J connectivity index is 2.09. The summed E-state index contributed by atoms with van der Waals surface area (Å²) >= 11 is 6.03. The van der Waals surface area contributed by atoms with Gasteiger partial charge >= 0.3 is 0 Å². The SMILES string of the molecule is CC1(C)CC(Nc2cccc(Cl)c2)CC(C)(C)C1. The number of benzene rings is 1. The number of hydrogen-bond donors (Lipinski definition) is 1. The third-order valence-electron chi connectivity index (χ3n) is 3.75. The van der Waals surface area contributed by atoms with Crippen molar-refractivity contribution in [2.24, 2.45) is 10.8 Å². The second-order valence-electron chi connectivity index (χ2n) is 7.27. The maximum absolute atomic E-state index is 6.03. The highest BCUT2D eigenvalue weighted by Gasteiger charge is 2.38. The molecule has 0 radical (unpaired) electrons. The van der Waals surface area contributed by atoms with Gasteiger partial charge in [-0.3, -0.25) is 0 Å². The quantitative estimate of drug-likeness (QED) is 0.759. The lowest BCUT2D eigenvalue weighted by Gasteiger charge is -2.45. The first-order chi connectivity index (χ1) is 8.26. The number of anilines is 1. The van der Waals surface area contributed by atoms with Crippen LogP contribution in [0.1, 0.15) is 47.0 Å². The molecule has 0 amide bonds. The number of hydrogen-bond acceptors (Lipinski definition) is 1. The van der Waals surface area contributed by atoms with Crippen LogP contribution >= 0.6 is 11.6 Å². The van der Waals surface area contributed by atoms with Gasteiger partial charge in [0.25, 0.3) is 0 Å². The molecule has 1 aliphatic rings. The molecule has 100 valence electrons. The first kappa shape index (κ1) is 13.7. The van der Waals surface area contributed by atoms with Crippen LogP contribution in [0.2, 0.25) is 5.02 Å². The summed E-state index contributed by atoms with van der Waals surface area (Å²) < 4.78 is 0. The van der Waals surface area contributed by atoms with Gasteiger partial charge in [0.15, 0.2) is 0 Å². The largest absolute Gasteiger partial charge is 0.382 e. The van der Waals surface area contributed by atoms with Crippen LogP contribution in [0.25, 0.3) is 0 Å². The van der Waals surface area contributed by atoms with E-state index in [2.05, 4.69) is 39.1 Å². The van der Waals surface area contributed by atoms with Crippen molar-refractivity contribution in [3.8, 4) is 0 Å². The van der Waals surface area contributed by atoms with Crippen LogP contribution in [0.5, 0.6) is 0 Å². The van der Waals surface area contributed by atoms with Crippen LogP contribution in [-0.2, 0) is 0 Å². The van der Waals surface area contributed by atoms with Gasteiger partial charge in [0.2, 0.25) is 0 Å². The molecule has 1 N–H and O–H groups in total. The molecular formula is C16H24ClN. The van der Waals surface area contributed by atoms with E-state index in [0.717, 1.165) is 10.7 Å². The molecule has 1 aliphatic carbocycles. The second-order valence-corrected chi connectivity index (χ2v) is 7.70. The van der Waals surface area contributed by atoms with E-state index in [1.165, 1.54) is 19.3 Å². The summed E-state index contributed by atoms with van der Waals surface area (Å²) in [7, 11) is 0. The fraction of sp³-hybridized carbons (Fsp3) is 0.625. The molecule has 2 heteroatoms. The summed E-state index contributed by atoms with van der Waals surface area (Å²) in [5, 5.41) is 4.45. The standard InChI is InChI=1S/C16H24ClN/c1-15(2)9-14(10-16(3,4)11-15)18-13-7-5-6-12(17)8-13/h5-8,14,18H,9-11H2,1-4H3. The molecule has 1 aromatic carbocycles. The maximum Gasteiger partial charge on any atom is 0.0426 e. The molecule has 1 saturated carbocycles. The zero-order chi connectivity index (χ0) is 13.4. The Morgan fingerprint density at radius 1 is 1.11 bits per heavy atom. The van der Waals surface area contributed by atoms with Gasteiger partial charge in [0, 0.05) is 16.8 Å². The highest BCUT2D eigenvalue weighted by Crippen LogP contribution is 2.46. The van der Waals surface area contributed by atoms with E-state index < -0.39 is 0 Å². The molecule has 0 bridgehead atoms.